The highest BCUT2D eigenvalue weighted by Crippen LogP contribution is 2.19. The van der Waals surface area contributed by atoms with Crippen LogP contribution in [0.2, 0.25) is 0 Å². The summed E-state index contributed by atoms with van der Waals surface area (Å²) in [5.74, 6) is 0.849. The largest absolute Gasteiger partial charge is 0.461 e. The van der Waals surface area contributed by atoms with Gasteiger partial charge in [0.05, 0.1) is 11.7 Å². The van der Waals surface area contributed by atoms with E-state index < -0.39 is 0 Å². The number of rotatable bonds is 5. The Kier molecular flexibility index (Phi) is 4.61. The van der Waals surface area contributed by atoms with Crippen LogP contribution in [-0.4, -0.2) is 32.6 Å². The minimum absolute atomic E-state index is 0.0432. The Hall–Kier alpha value is -2.75. The molecule has 0 aliphatic rings. The van der Waals surface area contributed by atoms with Gasteiger partial charge in [0.15, 0.2) is 5.82 Å². The Bertz CT molecular complexity index is 665. The molecule has 0 saturated carbocycles. The Morgan fingerprint density at radius 2 is 2.10 bits per heavy atom. The number of anilines is 1. The molecule has 0 aliphatic heterocycles. The van der Waals surface area contributed by atoms with E-state index in [0.717, 1.165) is 0 Å². The van der Waals surface area contributed by atoms with Gasteiger partial charge in [-0.05, 0) is 26.8 Å². The van der Waals surface area contributed by atoms with Crippen molar-refractivity contribution in [3.05, 3.63) is 24.0 Å². The van der Waals surface area contributed by atoms with Crippen LogP contribution < -0.4 is 10.1 Å². The zero-order chi connectivity index (χ0) is 15.2. The van der Waals surface area contributed by atoms with E-state index in [1.54, 1.807) is 12.3 Å². The second-order valence-electron chi connectivity index (χ2n) is 4.54. The summed E-state index contributed by atoms with van der Waals surface area (Å²) in [5.41, 5.74) is 1.09. The molecule has 2 aromatic rings. The first-order valence-electron chi connectivity index (χ1n) is 6.64. The Labute approximate surface area is 123 Å². The SMILES string of the molecule is CCNc1nc(OC(C)C)nc(-c2cncc(C#N)c2)n1. The van der Waals surface area contributed by atoms with Crippen LogP contribution >= 0.6 is 0 Å². The van der Waals surface area contributed by atoms with E-state index in [1.807, 2.05) is 26.8 Å². The lowest BCUT2D eigenvalue weighted by atomic mass is 10.2. The third-order valence-corrected chi connectivity index (χ3v) is 2.42. The molecule has 7 nitrogen and oxygen atoms in total. The van der Waals surface area contributed by atoms with Crippen molar-refractivity contribution in [2.45, 2.75) is 26.9 Å². The highest BCUT2D eigenvalue weighted by atomic mass is 16.5. The molecule has 2 aromatic heterocycles. The highest BCUT2D eigenvalue weighted by molar-refractivity contribution is 5.57. The molecule has 0 spiro atoms. The monoisotopic (exact) mass is 284 g/mol. The van der Waals surface area contributed by atoms with Crippen molar-refractivity contribution >= 4 is 5.95 Å². The van der Waals surface area contributed by atoms with Crippen LogP contribution in [0.3, 0.4) is 0 Å². The van der Waals surface area contributed by atoms with Gasteiger partial charge in [-0.1, -0.05) is 0 Å². The maximum Gasteiger partial charge on any atom is 0.322 e. The molecule has 108 valence electrons. The average Bonchev–Trinajstić information content (AvgIpc) is 2.46. The third-order valence-electron chi connectivity index (χ3n) is 2.42. The number of nitriles is 1. The van der Waals surface area contributed by atoms with Crippen LogP contribution in [0.5, 0.6) is 6.01 Å². The van der Waals surface area contributed by atoms with Crippen molar-refractivity contribution < 1.29 is 4.74 Å². The molecule has 0 fully saturated rings. The molecule has 0 saturated heterocycles. The molecule has 7 heteroatoms. The van der Waals surface area contributed by atoms with Crippen LogP contribution in [0, 0.1) is 11.3 Å². The van der Waals surface area contributed by atoms with E-state index in [1.165, 1.54) is 6.20 Å². The molecule has 0 atom stereocenters. The molecule has 0 aromatic carbocycles. The van der Waals surface area contributed by atoms with E-state index in [-0.39, 0.29) is 12.1 Å². The number of ether oxygens (including phenoxy) is 1. The van der Waals surface area contributed by atoms with Crippen molar-refractivity contribution in [2.24, 2.45) is 0 Å². The van der Waals surface area contributed by atoms with Gasteiger partial charge in [-0.3, -0.25) is 4.98 Å². The quantitative estimate of drug-likeness (QED) is 0.897. The first kappa shape index (κ1) is 14.7. The molecule has 2 heterocycles. The second-order valence-corrected chi connectivity index (χ2v) is 4.54. The van der Waals surface area contributed by atoms with Gasteiger partial charge in [-0.25, -0.2) is 0 Å². The van der Waals surface area contributed by atoms with Gasteiger partial charge < -0.3 is 10.1 Å². The molecule has 2 rings (SSSR count). The Morgan fingerprint density at radius 1 is 1.29 bits per heavy atom. The van der Waals surface area contributed by atoms with Gasteiger partial charge in [0.1, 0.15) is 6.07 Å². The van der Waals surface area contributed by atoms with Gasteiger partial charge >= 0.3 is 6.01 Å². The number of hydrogen-bond acceptors (Lipinski definition) is 7. The molecule has 21 heavy (non-hydrogen) atoms. The van der Waals surface area contributed by atoms with Crippen molar-refractivity contribution in [2.75, 3.05) is 11.9 Å². The molecule has 0 radical (unpaired) electrons. The fraction of sp³-hybridized carbons (Fsp3) is 0.357. The summed E-state index contributed by atoms with van der Waals surface area (Å²) in [7, 11) is 0. The Balaban J connectivity index is 2.45. The fourth-order valence-electron chi connectivity index (χ4n) is 1.61. The summed E-state index contributed by atoms with van der Waals surface area (Å²) >= 11 is 0. The molecule has 0 amide bonds. The number of pyridine rings is 1. The minimum Gasteiger partial charge on any atom is -0.461 e. The van der Waals surface area contributed by atoms with E-state index in [4.69, 9.17) is 10.00 Å². The topological polar surface area (TPSA) is 96.6 Å². The van der Waals surface area contributed by atoms with Crippen LogP contribution in [0.15, 0.2) is 18.5 Å². The molecule has 1 N–H and O–H groups in total. The van der Waals surface area contributed by atoms with Crippen LogP contribution in [0.25, 0.3) is 11.4 Å². The van der Waals surface area contributed by atoms with E-state index in [2.05, 4.69) is 25.3 Å². The van der Waals surface area contributed by atoms with Crippen LogP contribution in [0.4, 0.5) is 5.95 Å². The lowest BCUT2D eigenvalue weighted by Crippen LogP contribution is -2.12. The zero-order valence-corrected chi connectivity index (χ0v) is 12.2. The lowest BCUT2D eigenvalue weighted by Gasteiger charge is -2.10. The van der Waals surface area contributed by atoms with Gasteiger partial charge in [-0.15, -0.1) is 0 Å². The van der Waals surface area contributed by atoms with Crippen molar-refractivity contribution in [3.63, 3.8) is 0 Å². The van der Waals surface area contributed by atoms with Crippen molar-refractivity contribution in [1.82, 2.24) is 19.9 Å². The van der Waals surface area contributed by atoms with Gasteiger partial charge in [-0.2, -0.15) is 20.2 Å². The number of nitrogens with one attached hydrogen (secondary N) is 1. The normalized spacial score (nSPS) is 10.2. The number of aromatic nitrogens is 4. The van der Waals surface area contributed by atoms with E-state index in [0.29, 0.717) is 29.4 Å². The summed E-state index contributed by atoms with van der Waals surface area (Å²) in [5, 5.41) is 12.0. The smallest absolute Gasteiger partial charge is 0.322 e. The lowest BCUT2D eigenvalue weighted by molar-refractivity contribution is 0.222. The molecule has 0 aliphatic carbocycles. The summed E-state index contributed by atoms with van der Waals surface area (Å²) in [6, 6.07) is 3.96. The minimum atomic E-state index is -0.0432. The average molecular weight is 284 g/mol. The van der Waals surface area contributed by atoms with Crippen LogP contribution in [0.1, 0.15) is 26.3 Å². The first-order valence-corrected chi connectivity index (χ1v) is 6.64. The maximum absolute atomic E-state index is 8.94. The highest BCUT2D eigenvalue weighted by Gasteiger charge is 2.11. The standard InChI is InChI=1S/C14H16N6O/c1-4-17-13-18-12(19-14(20-13)21-9(2)3)11-5-10(6-15)7-16-8-11/h5,7-9H,4H2,1-3H3,(H,17,18,19,20). The van der Waals surface area contributed by atoms with E-state index >= 15 is 0 Å². The maximum atomic E-state index is 8.94. The van der Waals surface area contributed by atoms with Crippen molar-refractivity contribution in [3.8, 4) is 23.5 Å². The Morgan fingerprint density at radius 3 is 2.76 bits per heavy atom. The summed E-state index contributed by atoms with van der Waals surface area (Å²) in [6.45, 7) is 6.42. The molecule has 0 unspecified atom stereocenters. The molecular formula is C14H16N6O. The third kappa shape index (κ3) is 3.86. The van der Waals surface area contributed by atoms with E-state index in [9.17, 15) is 0 Å². The van der Waals surface area contributed by atoms with Crippen LogP contribution in [-0.2, 0) is 0 Å². The summed E-state index contributed by atoms with van der Waals surface area (Å²) < 4.78 is 5.53. The molecular weight excluding hydrogens is 268 g/mol. The van der Waals surface area contributed by atoms with Gasteiger partial charge in [0.25, 0.3) is 0 Å². The summed E-state index contributed by atoms with van der Waals surface area (Å²) in [6.07, 6.45) is 3.05. The zero-order valence-electron chi connectivity index (χ0n) is 12.2. The number of hydrogen-bond donors (Lipinski definition) is 1. The van der Waals surface area contributed by atoms with Crippen molar-refractivity contribution in [1.29, 1.82) is 5.26 Å². The predicted octanol–water partition coefficient (Wildman–Crippen LogP) is 2.02. The fourth-order valence-corrected chi connectivity index (χ4v) is 1.61. The second kappa shape index (κ2) is 6.61. The number of nitrogens with zero attached hydrogens (tertiary/aromatic N) is 5. The van der Waals surface area contributed by atoms with Gasteiger partial charge in [0.2, 0.25) is 5.95 Å². The molecule has 0 bridgehead atoms. The first-order chi connectivity index (χ1) is 10.1. The van der Waals surface area contributed by atoms with Gasteiger partial charge in [0, 0.05) is 24.5 Å². The predicted molar refractivity (Wildman–Crippen MR) is 77.7 cm³/mol. The summed E-state index contributed by atoms with van der Waals surface area (Å²) in [4.78, 5) is 16.8.